The fraction of sp³-hybridized carbons (Fsp3) is 0.200. The highest BCUT2D eigenvalue weighted by Crippen LogP contribution is 2.32. The molecule has 0 saturated heterocycles. The van der Waals surface area contributed by atoms with Gasteiger partial charge in [-0.1, -0.05) is 54.6 Å². The van der Waals surface area contributed by atoms with Crippen LogP contribution in [0.5, 0.6) is 0 Å². The molecule has 1 amide bonds. The minimum absolute atomic E-state index is 0.311. The van der Waals surface area contributed by atoms with Gasteiger partial charge in [-0.3, -0.25) is 9.69 Å². The van der Waals surface area contributed by atoms with E-state index in [1.165, 1.54) is 28.8 Å². The maximum atomic E-state index is 13.3. The average molecular weight is 581 g/mol. The first-order valence-corrected chi connectivity index (χ1v) is 14.2. The van der Waals surface area contributed by atoms with Gasteiger partial charge in [0.2, 0.25) is 0 Å². The topological polar surface area (TPSA) is 50.2 Å². The van der Waals surface area contributed by atoms with Crippen LogP contribution in [0.4, 0.5) is 18.9 Å². The highest BCUT2D eigenvalue weighted by molar-refractivity contribution is 6.08. The largest absolute Gasteiger partial charge is 0.416 e. The van der Waals surface area contributed by atoms with Gasteiger partial charge in [0.05, 0.1) is 16.9 Å². The molecule has 0 radical (unpaired) electrons. The lowest BCUT2D eigenvalue weighted by atomic mass is 9.97. The molecular weight excluding hydrogens is 549 g/mol. The first kappa shape index (κ1) is 28.4. The van der Waals surface area contributed by atoms with Crippen LogP contribution in [0.25, 0.3) is 16.8 Å². The quantitative estimate of drug-likeness (QED) is 0.222. The number of carbonyl (C=O) groups excluding carboxylic acids is 1. The van der Waals surface area contributed by atoms with Gasteiger partial charge in [0.25, 0.3) is 5.91 Å². The molecule has 0 atom stereocenters. The number of alkyl halides is 3. The maximum Gasteiger partial charge on any atom is 0.416 e. The van der Waals surface area contributed by atoms with Crippen molar-refractivity contribution in [2.24, 2.45) is 0 Å². The van der Waals surface area contributed by atoms with Crippen molar-refractivity contribution < 1.29 is 18.0 Å². The Balaban J connectivity index is 1.15. The molecule has 0 spiro atoms. The molecule has 2 heterocycles. The SMILES string of the molecule is Cc1nn(-c2ccccc2)c(C)c1CN1CCc2cc(NC(=O)c3ccccc3-c3ccc(C(F)(F)F)cc3)ccc2C1. The summed E-state index contributed by atoms with van der Waals surface area (Å²) in [6.45, 7) is 6.67. The van der Waals surface area contributed by atoms with Crippen molar-refractivity contribution in [3.63, 3.8) is 0 Å². The van der Waals surface area contributed by atoms with Crippen molar-refractivity contribution in [2.75, 3.05) is 11.9 Å². The molecule has 4 aromatic carbocycles. The van der Waals surface area contributed by atoms with Crippen molar-refractivity contribution in [1.29, 1.82) is 0 Å². The molecule has 1 aliphatic heterocycles. The summed E-state index contributed by atoms with van der Waals surface area (Å²) in [7, 11) is 0. The van der Waals surface area contributed by atoms with E-state index in [-0.39, 0.29) is 5.91 Å². The predicted molar refractivity (Wildman–Crippen MR) is 162 cm³/mol. The number of aromatic nitrogens is 2. The molecule has 0 bridgehead atoms. The van der Waals surface area contributed by atoms with Gasteiger partial charge in [0.15, 0.2) is 0 Å². The van der Waals surface area contributed by atoms with Crippen LogP contribution in [0.15, 0.2) is 97.1 Å². The second-order valence-electron chi connectivity index (χ2n) is 10.9. The van der Waals surface area contributed by atoms with E-state index in [9.17, 15) is 18.0 Å². The van der Waals surface area contributed by atoms with E-state index in [4.69, 9.17) is 5.10 Å². The van der Waals surface area contributed by atoms with Gasteiger partial charge < -0.3 is 5.32 Å². The number of nitrogens with zero attached hydrogens (tertiary/aromatic N) is 3. The summed E-state index contributed by atoms with van der Waals surface area (Å²) in [5.74, 6) is -0.311. The van der Waals surface area contributed by atoms with Crippen molar-refractivity contribution in [3.8, 4) is 16.8 Å². The van der Waals surface area contributed by atoms with Crippen molar-refractivity contribution in [2.45, 2.75) is 39.5 Å². The molecule has 1 N–H and O–H groups in total. The standard InChI is InChI=1S/C35H31F3N4O/c1-23-33(24(2)42(40-23)30-8-4-3-5-9-30)22-41-19-18-26-20-29(17-14-27(26)21-41)39-34(43)32-11-7-6-10-31(32)25-12-15-28(16-13-25)35(36,37)38/h3-17,20H,18-19,21-22H2,1-2H3,(H,39,43). The summed E-state index contributed by atoms with van der Waals surface area (Å²) < 4.78 is 41.1. The number of para-hydroxylation sites is 1. The van der Waals surface area contributed by atoms with Crippen LogP contribution < -0.4 is 5.32 Å². The average Bonchev–Trinajstić information content (AvgIpc) is 3.29. The van der Waals surface area contributed by atoms with Crippen LogP contribution in [-0.4, -0.2) is 27.1 Å². The van der Waals surface area contributed by atoms with Gasteiger partial charge in [-0.2, -0.15) is 18.3 Å². The first-order chi connectivity index (χ1) is 20.7. The number of benzene rings is 4. The molecule has 43 heavy (non-hydrogen) atoms. The Morgan fingerprint density at radius 1 is 0.884 bits per heavy atom. The Bertz CT molecular complexity index is 1780. The van der Waals surface area contributed by atoms with E-state index in [2.05, 4.69) is 42.3 Å². The van der Waals surface area contributed by atoms with E-state index in [1.54, 1.807) is 24.3 Å². The molecular formula is C35H31F3N4O. The Morgan fingerprint density at radius 3 is 2.35 bits per heavy atom. The molecule has 1 aliphatic rings. The van der Waals surface area contributed by atoms with Crippen LogP contribution in [0.3, 0.4) is 0 Å². The van der Waals surface area contributed by atoms with E-state index in [1.807, 2.05) is 35.0 Å². The smallest absolute Gasteiger partial charge is 0.322 e. The molecule has 5 aromatic rings. The predicted octanol–water partition coefficient (Wildman–Crippen LogP) is 7.99. The molecule has 1 aromatic heterocycles. The summed E-state index contributed by atoms with van der Waals surface area (Å²) >= 11 is 0. The number of hydrogen-bond donors (Lipinski definition) is 1. The molecule has 6 rings (SSSR count). The second-order valence-corrected chi connectivity index (χ2v) is 10.9. The van der Waals surface area contributed by atoms with Gasteiger partial charge in [-0.15, -0.1) is 0 Å². The maximum absolute atomic E-state index is 13.3. The van der Waals surface area contributed by atoms with Crippen molar-refractivity contribution in [3.05, 3.63) is 136 Å². The number of fused-ring (bicyclic) bond motifs is 1. The lowest BCUT2D eigenvalue weighted by Crippen LogP contribution is -2.30. The summed E-state index contributed by atoms with van der Waals surface area (Å²) in [5, 5.41) is 7.79. The number of carbonyl (C=O) groups is 1. The van der Waals surface area contributed by atoms with Crippen molar-refractivity contribution in [1.82, 2.24) is 14.7 Å². The van der Waals surface area contributed by atoms with E-state index < -0.39 is 11.7 Å². The number of rotatable bonds is 6. The Kier molecular flexibility index (Phi) is 7.62. The third-order valence-electron chi connectivity index (χ3n) is 8.07. The first-order valence-electron chi connectivity index (χ1n) is 14.2. The van der Waals surface area contributed by atoms with Crippen LogP contribution in [0.1, 0.15) is 44.0 Å². The molecule has 0 unspecified atom stereocenters. The highest BCUT2D eigenvalue weighted by Gasteiger charge is 2.30. The Hall–Kier alpha value is -4.69. The summed E-state index contributed by atoms with van der Waals surface area (Å²) in [6, 6.07) is 28.0. The second kappa shape index (κ2) is 11.5. The summed E-state index contributed by atoms with van der Waals surface area (Å²) in [6.07, 6.45) is -3.56. The van der Waals surface area contributed by atoms with Crippen LogP contribution in [0.2, 0.25) is 0 Å². The highest BCUT2D eigenvalue weighted by atomic mass is 19.4. The number of halogens is 3. The number of aryl methyl sites for hydroxylation is 1. The molecule has 8 heteroatoms. The Morgan fingerprint density at radius 2 is 1.60 bits per heavy atom. The van der Waals surface area contributed by atoms with Gasteiger partial charge in [0.1, 0.15) is 0 Å². The number of amides is 1. The number of hydrogen-bond acceptors (Lipinski definition) is 3. The molecule has 0 aliphatic carbocycles. The molecule has 0 fully saturated rings. The third kappa shape index (κ3) is 5.96. The monoisotopic (exact) mass is 580 g/mol. The van der Waals surface area contributed by atoms with Crippen LogP contribution >= 0.6 is 0 Å². The zero-order valence-corrected chi connectivity index (χ0v) is 23.9. The zero-order valence-electron chi connectivity index (χ0n) is 23.9. The molecule has 5 nitrogen and oxygen atoms in total. The van der Waals surface area contributed by atoms with Crippen LogP contribution in [0, 0.1) is 13.8 Å². The number of anilines is 1. The van der Waals surface area contributed by atoms with Gasteiger partial charge in [-0.25, -0.2) is 4.68 Å². The lowest BCUT2D eigenvalue weighted by molar-refractivity contribution is -0.137. The van der Waals surface area contributed by atoms with E-state index >= 15 is 0 Å². The van der Waals surface area contributed by atoms with Gasteiger partial charge in [-0.05, 0) is 85.0 Å². The molecule has 0 saturated carbocycles. The number of nitrogens with one attached hydrogen (secondary N) is 1. The molecule has 218 valence electrons. The lowest BCUT2D eigenvalue weighted by Gasteiger charge is -2.29. The normalized spacial score (nSPS) is 13.5. The summed E-state index contributed by atoms with van der Waals surface area (Å²) in [4.78, 5) is 15.7. The fourth-order valence-electron chi connectivity index (χ4n) is 5.74. The zero-order chi connectivity index (χ0) is 30.1. The third-order valence-corrected chi connectivity index (χ3v) is 8.07. The van der Waals surface area contributed by atoms with Gasteiger partial charge in [0, 0.05) is 42.1 Å². The minimum Gasteiger partial charge on any atom is -0.322 e. The van der Waals surface area contributed by atoms with E-state index in [0.29, 0.717) is 22.4 Å². The van der Waals surface area contributed by atoms with Crippen molar-refractivity contribution >= 4 is 11.6 Å². The fourth-order valence-corrected chi connectivity index (χ4v) is 5.74. The minimum atomic E-state index is -4.41. The van der Waals surface area contributed by atoms with Gasteiger partial charge >= 0.3 is 6.18 Å². The summed E-state index contributed by atoms with van der Waals surface area (Å²) in [5.41, 5.74) is 8.36. The van der Waals surface area contributed by atoms with Crippen LogP contribution in [-0.2, 0) is 25.7 Å². The Labute approximate surface area is 248 Å². The van der Waals surface area contributed by atoms with E-state index in [0.717, 1.165) is 55.3 Å².